The summed E-state index contributed by atoms with van der Waals surface area (Å²) in [5.41, 5.74) is 0. The molecule has 27 heavy (non-hydrogen) atoms. The van der Waals surface area contributed by atoms with Crippen LogP contribution in [0.15, 0.2) is 25.6 Å². The van der Waals surface area contributed by atoms with Gasteiger partial charge in [0.25, 0.3) is 0 Å². The van der Waals surface area contributed by atoms with E-state index in [0.717, 1.165) is 43.0 Å². The van der Waals surface area contributed by atoms with Crippen molar-refractivity contribution in [1.29, 1.82) is 0 Å². The third kappa shape index (κ3) is 13.4. The first-order valence-electron chi connectivity index (χ1n) is 9.16. The Hall–Kier alpha value is 0.570. The Labute approximate surface area is 188 Å². The summed E-state index contributed by atoms with van der Waals surface area (Å²) in [6.45, 7) is 7.49. The first kappa shape index (κ1) is 27.6. The molecule has 0 radical (unpaired) electrons. The molecule has 0 aliphatic heterocycles. The SMILES string of the molecule is CCCCOP(=O)(OCCCC)OCCCC.Oc1c(Br)cc(Br)cc1Br. The van der Waals surface area contributed by atoms with Gasteiger partial charge in [0, 0.05) is 4.47 Å². The highest BCUT2D eigenvalue weighted by atomic mass is 79.9. The molecule has 0 saturated heterocycles. The highest BCUT2D eigenvalue weighted by Crippen LogP contribution is 2.49. The maximum absolute atomic E-state index is 12.2. The molecule has 0 aliphatic carbocycles. The lowest BCUT2D eigenvalue weighted by Gasteiger charge is -2.17. The van der Waals surface area contributed by atoms with Crippen molar-refractivity contribution in [3.8, 4) is 5.75 Å². The van der Waals surface area contributed by atoms with Gasteiger partial charge in [-0.1, -0.05) is 56.0 Å². The average Bonchev–Trinajstić information content (AvgIpc) is 2.61. The number of unbranched alkanes of at least 4 members (excludes halogenated alkanes) is 3. The van der Waals surface area contributed by atoms with Crippen molar-refractivity contribution in [1.82, 2.24) is 0 Å². The number of hydrogen-bond acceptors (Lipinski definition) is 5. The van der Waals surface area contributed by atoms with Crippen LogP contribution in [0, 0.1) is 0 Å². The van der Waals surface area contributed by atoms with Gasteiger partial charge in [-0.2, -0.15) is 0 Å². The summed E-state index contributed by atoms with van der Waals surface area (Å²) in [5, 5.41) is 9.22. The summed E-state index contributed by atoms with van der Waals surface area (Å²) in [6.07, 6.45) is 5.63. The minimum atomic E-state index is -3.31. The average molecular weight is 597 g/mol. The maximum atomic E-state index is 12.2. The number of phenols is 1. The van der Waals surface area contributed by atoms with Crippen LogP contribution < -0.4 is 0 Å². The summed E-state index contributed by atoms with van der Waals surface area (Å²) in [7, 11) is -3.31. The Balaban J connectivity index is 0.000000569. The molecule has 1 rings (SSSR count). The Morgan fingerprint density at radius 3 is 1.44 bits per heavy atom. The van der Waals surface area contributed by atoms with Crippen LogP contribution in [0.5, 0.6) is 5.75 Å². The second kappa shape index (κ2) is 16.4. The van der Waals surface area contributed by atoms with Crippen molar-refractivity contribution in [2.45, 2.75) is 59.3 Å². The van der Waals surface area contributed by atoms with E-state index in [0.29, 0.717) is 28.8 Å². The van der Waals surface area contributed by atoms with Crippen LogP contribution in [0.4, 0.5) is 0 Å². The Morgan fingerprint density at radius 2 is 1.15 bits per heavy atom. The molecule has 0 amide bonds. The molecule has 0 unspecified atom stereocenters. The molecule has 0 aliphatic rings. The van der Waals surface area contributed by atoms with E-state index in [9.17, 15) is 9.67 Å². The Bertz CT molecular complexity index is 516. The van der Waals surface area contributed by atoms with Gasteiger partial charge in [0.15, 0.2) is 0 Å². The van der Waals surface area contributed by atoms with E-state index < -0.39 is 7.82 Å². The molecule has 9 heteroatoms. The number of phenolic OH excluding ortho intramolecular Hbond substituents is 1. The van der Waals surface area contributed by atoms with Crippen LogP contribution in [0.1, 0.15) is 59.3 Å². The largest absolute Gasteiger partial charge is 0.506 e. The fraction of sp³-hybridized carbons (Fsp3) is 0.667. The van der Waals surface area contributed by atoms with Crippen molar-refractivity contribution < 1.29 is 23.2 Å². The molecule has 0 fully saturated rings. The second-order valence-electron chi connectivity index (χ2n) is 5.73. The zero-order valence-electron chi connectivity index (χ0n) is 16.2. The van der Waals surface area contributed by atoms with Gasteiger partial charge in [0.1, 0.15) is 5.75 Å². The van der Waals surface area contributed by atoms with Gasteiger partial charge in [-0.25, -0.2) is 4.57 Å². The summed E-state index contributed by atoms with van der Waals surface area (Å²) < 4.78 is 30.3. The standard InChI is InChI=1S/C12H27O4P.C6H3Br3O/c1-4-7-10-14-17(13,15-11-8-5-2)16-12-9-6-3;7-3-1-4(8)6(10)5(9)2-3/h4-12H2,1-3H3;1-2,10H. The molecule has 0 aromatic heterocycles. The Kier molecular flexibility index (Phi) is 16.7. The van der Waals surface area contributed by atoms with Crippen molar-refractivity contribution in [2.75, 3.05) is 19.8 Å². The predicted octanol–water partition coefficient (Wildman–Crippen LogP) is 8.22. The number of benzene rings is 1. The Morgan fingerprint density at radius 1 is 0.815 bits per heavy atom. The minimum Gasteiger partial charge on any atom is -0.506 e. The van der Waals surface area contributed by atoms with Crippen LogP contribution in [0.2, 0.25) is 0 Å². The monoisotopic (exact) mass is 594 g/mol. The fourth-order valence-electron chi connectivity index (χ4n) is 1.61. The van der Waals surface area contributed by atoms with Gasteiger partial charge in [0.05, 0.1) is 28.8 Å². The molecule has 0 heterocycles. The summed E-state index contributed by atoms with van der Waals surface area (Å²) in [6, 6.07) is 3.56. The number of phosphoric acid groups is 1. The molecule has 0 saturated carbocycles. The number of halogens is 3. The van der Waals surface area contributed by atoms with Gasteiger partial charge < -0.3 is 5.11 Å². The summed E-state index contributed by atoms with van der Waals surface area (Å²) in [4.78, 5) is 0. The van der Waals surface area contributed by atoms with Crippen LogP contribution in [0.25, 0.3) is 0 Å². The lowest BCUT2D eigenvalue weighted by Crippen LogP contribution is -2.03. The molecule has 158 valence electrons. The van der Waals surface area contributed by atoms with Crippen molar-refractivity contribution in [3.63, 3.8) is 0 Å². The van der Waals surface area contributed by atoms with E-state index in [1.807, 2.05) is 0 Å². The molecule has 1 N–H and O–H groups in total. The third-order valence-electron chi connectivity index (χ3n) is 3.22. The van der Waals surface area contributed by atoms with Gasteiger partial charge in [-0.3, -0.25) is 13.6 Å². The highest BCUT2D eigenvalue weighted by Gasteiger charge is 2.25. The van der Waals surface area contributed by atoms with E-state index in [1.165, 1.54) is 0 Å². The van der Waals surface area contributed by atoms with Gasteiger partial charge >= 0.3 is 7.82 Å². The molecular formula is C18H30Br3O5P. The number of hydrogen-bond donors (Lipinski definition) is 1. The van der Waals surface area contributed by atoms with E-state index in [-0.39, 0.29) is 5.75 Å². The van der Waals surface area contributed by atoms with E-state index in [1.54, 1.807) is 12.1 Å². The number of rotatable bonds is 12. The molecular weight excluding hydrogens is 567 g/mol. The molecule has 1 aromatic carbocycles. The third-order valence-corrected chi connectivity index (χ3v) is 6.39. The van der Waals surface area contributed by atoms with E-state index >= 15 is 0 Å². The van der Waals surface area contributed by atoms with Crippen LogP contribution in [0.3, 0.4) is 0 Å². The molecule has 0 bridgehead atoms. The van der Waals surface area contributed by atoms with Crippen LogP contribution in [-0.4, -0.2) is 24.9 Å². The number of phosphoric ester groups is 1. The lowest BCUT2D eigenvalue weighted by molar-refractivity contribution is 0.110. The number of aromatic hydroxyl groups is 1. The predicted molar refractivity (Wildman–Crippen MR) is 121 cm³/mol. The van der Waals surface area contributed by atoms with Crippen molar-refractivity contribution >= 4 is 55.6 Å². The van der Waals surface area contributed by atoms with Gasteiger partial charge in [-0.15, -0.1) is 0 Å². The molecule has 0 atom stereocenters. The zero-order valence-corrected chi connectivity index (χ0v) is 21.8. The minimum absolute atomic E-state index is 0.225. The molecule has 1 aromatic rings. The topological polar surface area (TPSA) is 65.0 Å². The highest BCUT2D eigenvalue weighted by molar-refractivity contribution is 9.11. The molecule has 5 nitrogen and oxygen atoms in total. The van der Waals surface area contributed by atoms with Crippen LogP contribution >= 0.6 is 55.6 Å². The smallest absolute Gasteiger partial charge is 0.474 e. The van der Waals surface area contributed by atoms with Crippen molar-refractivity contribution in [3.05, 3.63) is 25.6 Å². The van der Waals surface area contributed by atoms with Crippen molar-refractivity contribution in [2.24, 2.45) is 0 Å². The normalized spacial score (nSPS) is 11.2. The van der Waals surface area contributed by atoms with Crippen LogP contribution in [-0.2, 0) is 18.1 Å². The van der Waals surface area contributed by atoms with Gasteiger partial charge in [0.2, 0.25) is 0 Å². The van der Waals surface area contributed by atoms with Gasteiger partial charge in [-0.05, 0) is 63.3 Å². The quantitative estimate of drug-likeness (QED) is 0.194. The van der Waals surface area contributed by atoms with E-state index in [2.05, 4.69) is 68.6 Å². The summed E-state index contributed by atoms with van der Waals surface area (Å²) in [5.74, 6) is 0.225. The first-order chi connectivity index (χ1) is 12.8. The maximum Gasteiger partial charge on any atom is 0.474 e. The van der Waals surface area contributed by atoms with E-state index in [4.69, 9.17) is 13.6 Å². The first-order valence-corrected chi connectivity index (χ1v) is 13.0. The summed E-state index contributed by atoms with van der Waals surface area (Å²) >= 11 is 9.65. The second-order valence-corrected chi connectivity index (χ2v) is 10.0. The molecule has 0 spiro atoms. The lowest BCUT2D eigenvalue weighted by atomic mass is 10.3. The fourth-order valence-corrected chi connectivity index (χ4v) is 5.15. The zero-order chi connectivity index (χ0) is 20.7.